The van der Waals surface area contributed by atoms with Gasteiger partial charge in [0.05, 0.1) is 28.0 Å². The molecule has 0 amide bonds. The number of hydrogen-bond donors (Lipinski definition) is 2. The van der Waals surface area contributed by atoms with Crippen LogP contribution < -0.4 is 15.3 Å². The molecule has 2 aromatic heterocycles. The van der Waals surface area contributed by atoms with Gasteiger partial charge in [-0.2, -0.15) is 0 Å². The number of nitrogens with two attached hydrogens (primary N) is 1. The molecule has 10 heteroatoms. The van der Waals surface area contributed by atoms with Gasteiger partial charge < -0.3 is 10.6 Å². The molecule has 0 atom stereocenters. The van der Waals surface area contributed by atoms with Crippen LogP contribution in [0.25, 0.3) is 0 Å². The highest BCUT2D eigenvalue weighted by atomic mass is 35.5. The third kappa shape index (κ3) is 5.93. The minimum Gasteiger partial charge on any atom is -0.384 e. The van der Waals surface area contributed by atoms with Crippen LogP contribution in [-0.2, 0) is 15.4 Å². The average Bonchev–Trinajstić information content (AvgIpc) is 2.70. The highest BCUT2D eigenvalue weighted by Crippen LogP contribution is 2.25. The van der Waals surface area contributed by atoms with Crippen LogP contribution in [0.5, 0.6) is 5.75 Å². The molecule has 0 saturated heterocycles. The third-order valence-corrected chi connectivity index (χ3v) is 5.84. The zero-order valence-electron chi connectivity index (χ0n) is 17.2. The smallest absolute Gasteiger partial charge is 0.261 e. The number of nitrogens with one attached hydrogen (secondary N) is 1. The zero-order chi connectivity index (χ0) is 22.6. The van der Waals surface area contributed by atoms with Crippen LogP contribution in [0.2, 0.25) is 5.02 Å². The van der Waals surface area contributed by atoms with E-state index in [1.54, 1.807) is 36.4 Å². The molecule has 1 aromatic carbocycles. The summed E-state index contributed by atoms with van der Waals surface area (Å²) >= 11 is 6.01. The Balaban J connectivity index is 1.82. The number of benzene rings is 1. The van der Waals surface area contributed by atoms with Gasteiger partial charge in [-0.3, -0.25) is 9.71 Å². The monoisotopic (exact) mass is 459 g/mol. The molecule has 3 rings (SSSR count). The van der Waals surface area contributed by atoms with E-state index in [-0.39, 0.29) is 26.7 Å². The van der Waals surface area contributed by atoms with Crippen molar-refractivity contribution in [1.29, 1.82) is 0 Å². The van der Waals surface area contributed by atoms with Gasteiger partial charge >= 0.3 is 0 Å². The predicted molar refractivity (Wildman–Crippen MR) is 122 cm³/mol. The summed E-state index contributed by atoms with van der Waals surface area (Å²) in [6.45, 7) is 6.17. The number of hydrogen-bond acceptors (Lipinski definition) is 7. The maximum Gasteiger partial charge on any atom is 0.261 e. The first-order chi connectivity index (χ1) is 14.5. The molecule has 0 bridgehead atoms. The van der Waals surface area contributed by atoms with Crippen LogP contribution in [-0.4, -0.2) is 24.6 Å². The van der Waals surface area contributed by atoms with Gasteiger partial charge in [0, 0.05) is 6.20 Å². The van der Waals surface area contributed by atoms with Crippen molar-refractivity contribution in [3.8, 4) is 5.75 Å². The fourth-order valence-corrected chi connectivity index (χ4v) is 3.78. The van der Waals surface area contributed by atoms with E-state index in [1.807, 2.05) is 0 Å². The predicted octanol–water partition coefficient (Wildman–Crippen LogP) is 4.22. The summed E-state index contributed by atoms with van der Waals surface area (Å²) in [6, 6.07) is 11.3. The Kier molecular flexibility index (Phi) is 6.47. The molecule has 8 nitrogen and oxygen atoms in total. The number of nitrogen functional groups attached to an aromatic ring is 1. The van der Waals surface area contributed by atoms with Crippen LogP contribution in [0.1, 0.15) is 32.0 Å². The largest absolute Gasteiger partial charge is 0.384 e. The standard InChI is InChI=1S/C21H22ClN5O3S/c1-21(2,3)14-4-7-17(8-5-14)31(28,29)27-18-10-15(22)11-24-19(18)13-26-30-16-6-9-20(23)25-12-16/h4-13,27H,1-3H3,(H2,23,25). The van der Waals surface area contributed by atoms with E-state index in [1.165, 1.54) is 24.7 Å². The molecule has 3 N–H and O–H groups in total. The van der Waals surface area contributed by atoms with Gasteiger partial charge in [-0.25, -0.2) is 13.4 Å². The number of nitrogens with zero attached hydrogens (tertiary/aromatic N) is 3. The van der Waals surface area contributed by atoms with Gasteiger partial charge in [0.1, 0.15) is 11.5 Å². The molecule has 0 aliphatic rings. The lowest BCUT2D eigenvalue weighted by atomic mass is 9.87. The molecule has 0 unspecified atom stereocenters. The number of rotatable bonds is 6. The minimum atomic E-state index is -3.87. The Morgan fingerprint density at radius 2 is 1.81 bits per heavy atom. The first kappa shape index (κ1) is 22.5. The zero-order valence-corrected chi connectivity index (χ0v) is 18.8. The van der Waals surface area contributed by atoms with E-state index in [0.29, 0.717) is 11.6 Å². The number of halogens is 1. The van der Waals surface area contributed by atoms with Gasteiger partial charge in [0.15, 0.2) is 5.75 Å². The molecule has 162 valence electrons. The Morgan fingerprint density at radius 1 is 1.10 bits per heavy atom. The summed E-state index contributed by atoms with van der Waals surface area (Å²) in [4.78, 5) is 13.3. The van der Waals surface area contributed by atoms with Crippen molar-refractivity contribution in [3.05, 3.63) is 71.1 Å². The third-order valence-electron chi connectivity index (χ3n) is 4.25. The fraction of sp³-hybridized carbons (Fsp3) is 0.190. The Morgan fingerprint density at radius 3 is 2.42 bits per heavy atom. The van der Waals surface area contributed by atoms with Crippen LogP contribution in [0, 0.1) is 0 Å². The van der Waals surface area contributed by atoms with Crippen LogP contribution in [0.15, 0.2) is 64.9 Å². The lowest BCUT2D eigenvalue weighted by molar-refractivity contribution is 0.342. The van der Waals surface area contributed by atoms with Gasteiger partial charge in [-0.15, -0.1) is 0 Å². The van der Waals surface area contributed by atoms with Gasteiger partial charge in [-0.05, 0) is 41.3 Å². The SMILES string of the molecule is CC(C)(C)c1ccc(S(=O)(=O)Nc2cc(Cl)cnc2C=NOc2ccc(N)nc2)cc1. The number of sulfonamides is 1. The Labute approximate surface area is 186 Å². The van der Waals surface area contributed by atoms with E-state index in [0.717, 1.165) is 5.56 Å². The first-order valence-electron chi connectivity index (χ1n) is 9.25. The summed E-state index contributed by atoms with van der Waals surface area (Å²) in [6.07, 6.45) is 4.06. The molecule has 2 heterocycles. The number of aromatic nitrogens is 2. The second kappa shape index (κ2) is 8.91. The highest BCUT2D eigenvalue weighted by molar-refractivity contribution is 7.92. The van der Waals surface area contributed by atoms with E-state index in [4.69, 9.17) is 22.2 Å². The van der Waals surface area contributed by atoms with E-state index < -0.39 is 10.0 Å². The molecule has 31 heavy (non-hydrogen) atoms. The highest BCUT2D eigenvalue weighted by Gasteiger charge is 2.19. The van der Waals surface area contributed by atoms with Crippen molar-refractivity contribution in [3.63, 3.8) is 0 Å². The normalized spacial score (nSPS) is 12.1. The van der Waals surface area contributed by atoms with E-state index >= 15 is 0 Å². The molecular weight excluding hydrogens is 438 g/mol. The van der Waals surface area contributed by atoms with Crippen molar-refractivity contribution in [1.82, 2.24) is 9.97 Å². The van der Waals surface area contributed by atoms with Crippen molar-refractivity contribution in [2.45, 2.75) is 31.1 Å². The van der Waals surface area contributed by atoms with Crippen molar-refractivity contribution >= 4 is 39.3 Å². The second-order valence-corrected chi connectivity index (χ2v) is 9.83. The minimum absolute atomic E-state index is 0.0871. The van der Waals surface area contributed by atoms with Crippen LogP contribution >= 0.6 is 11.6 Å². The molecule has 0 aliphatic heterocycles. The second-order valence-electron chi connectivity index (χ2n) is 7.71. The number of pyridine rings is 2. The van der Waals surface area contributed by atoms with Crippen LogP contribution in [0.4, 0.5) is 11.5 Å². The molecular formula is C21H22ClN5O3S. The lowest BCUT2D eigenvalue weighted by Gasteiger charge is -2.19. The summed E-state index contributed by atoms with van der Waals surface area (Å²) in [5.74, 6) is 0.711. The number of oxime groups is 1. The van der Waals surface area contributed by atoms with Crippen molar-refractivity contribution < 1.29 is 13.3 Å². The first-order valence-corrected chi connectivity index (χ1v) is 11.1. The van der Waals surface area contributed by atoms with E-state index in [2.05, 4.69) is 40.6 Å². The molecule has 0 aliphatic carbocycles. The summed E-state index contributed by atoms with van der Waals surface area (Å²) < 4.78 is 28.3. The molecule has 0 spiro atoms. The van der Waals surface area contributed by atoms with Crippen LogP contribution in [0.3, 0.4) is 0 Å². The maximum atomic E-state index is 12.9. The number of anilines is 2. The lowest BCUT2D eigenvalue weighted by Crippen LogP contribution is -2.16. The molecule has 3 aromatic rings. The van der Waals surface area contributed by atoms with Gasteiger partial charge in [-0.1, -0.05) is 49.7 Å². The summed E-state index contributed by atoms with van der Waals surface area (Å²) in [7, 11) is -3.87. The molecule has 0 fully saturated rings. The topological polar surface area (TPSA) is 120 Å². The Hall–Kier alpha value is -3.17. The van der Waals surface area contributed by atoms with E-state index in [9.17, 15) is 8.42 Å². The van der Waals surface area contributed by atoms with Gasteiger partial charge in [0.25, 0.3) is 10.0 Å². The molecule has 0 saturated carbocycles. The quantitative estimate of drug-likeness (QED) is 0.420. The van der Waals surface area contributed by atoms with Crippen molar-refractivity contribution in [2.75, 3.05) is 10.5 Å². The fourth-order valence-electron chi connectivity index (χ4n) is 2.56. The maximum absolute atomic E-state index is 12.9. The molecule has 0 radical (unpaired) electrons. The Bertz CT molecular complexity index is 1190. The van der Waals surface area contributed by atoms with Gasteiger partial charge in [0.2, 0.25) is 0 Å². The van der Waals surface area contributed by atoms with Crippen molar-refractivity contribution in [2.24, 2.45) is 5.16 Å². The summed E-state index contributed by atoms with van der Waals surface area (Å²) in [5.41, 5.74) is 6.85. The average molecular weight is 460 g/mol. The summed E-state index contributed by atoms with van der Waals surface area (Å²) in [5, 5.41) is 4.09.